The molecule has 8 nitrogen and oxygen atoms in total. The number of aromatic nitrogens is 4. The first-order chi connectivity index (χ1) is 12.5. The van der Waals surface area contributed by atoms with Gasteiger partial charge in [-0.05, 0) is 39.0 Å². The molecule has 2 N–H and O–H groups in total. The van der Waals surface area contributed by atoms with Gasteiger partial charge in [0.05, 0.1) is 5.69 Å². The minimum Gasteiger partial charge on any atom is -0.479 e. The highest BCUT2D eigenvalue weighted by Crippen LogP contribution is 2.34. The van der Waals surface area contributed by atoms with Gasteiger partial charge in [0.2, 0.25) is 5.95 Å². The lowest BCUT2D eigenvalue weighted by atomic mass is 9.87. The number of imidazole rings is 1. The number of hydrogen-bond acceptors (Lipinski definition) is 6. The number of anilines is 2. The molecular formula is C18H24N6O2. The summed E-state index contributed by atoms with van der Waals surface area (Å²) >= 11 is 0. The van der Waals surface area contributed by atoms with Gasteiger partial charge in [0.1, 0.15) is 17.2 Å². The molecule has 0 atom stereocenters. The van der Waals surface area contributed by atoms with Crippen molar-refractivity contribution in [3.8, 4) is 0 Å². The van der Waals surface area contributed by atoms with E-state index in [9.17, 15) is 9.90 Å². The third-order valence-electron chi connectivity index (χ3n) is 5.72. The maximum Gasteiger partial charge on any atom is 0.330 e. The van der Waals surface area contributed by atoms with Crippen molar-refractivity contribution in [2.45, 2.75) is 44.6 Å². The van der Waals surface area contributed by atoms with Crippen LogP contribution in [-0.4, -0.2) is 50.7 Å². The Morgan fingerprint density at radius 2 is 2.04 bits per heavy atom. The molecule has 2 aromatic heterocycles. The standard InChI is InChI=1S/C18H24N6O2/c1-12-20-8-11-24(12)18(16(25)26)6-9-23(10-7-18)17-21-14-5-3-4-13(14)15(19-2)22-17/h8,11H,3-7,9-10H2,1-2H3,(H,25,26)(H,19,21,22). The Hall–Kier alpha value is -2.64. The lowest BCUT2D eigenvalue weighted by Crippen LogP contribution is -2.51. The van der Waals surface area contributed by atoms with Gasteiger partial charge in [-0.15, -0.1) is 0 Å². The van der Waals surface area contributed by atoms with Crippen LogP contribution in [0.3, 0.4) is 0 Å². The minimum atomic E-state index is -0.945. The molecule has 0 saturated carbocycles. The predicted octanol–water partition coefficient (Wildman–Crippen LogP) is 1.59. The van der Waals surface area contributed by atoms with Gasteiger partial charge < -0.3 is 19.9 Å². The van der Waals surface area contributed by atoms with E-state index in [2.05, 4.69) is 15.2 Å². The van der Waals surface area contributed by atoms with Crippen LogP contribution in [0.2, 0.25) is 0 Å². The molecule has 0 aromatic carbocycles. The molecule has 1 aliphatic heterocycles. The molecule has 0 radical (unpaired) electrons. The van der Waals surface area contributed by atoms with Crippen molar-refractivity contribution < 1.29 is 9.90 Å². The average Bonchev–Trinajstić information content (AvgIpc) is 3.29. The van der Waals surface area contributed by atoms with Crippen molar-refractivity contribution in [2.75, 3.05) is 30.4 Å². The first kappa shape index (κ1) is 16.8. The van der Waals surface area contributed by atoms with Crippen LogP contribution >= 0.6 is 0 Å². The van der Waals surface area contributed by atoms with Crippen molar-refractivity contribution in [2.24, 2.45) is 0 Å². The number of aryl methyl sites for hydroxylation is 2. The molecule has 1 saturated heterocycles. The first-order valence-corrected chi connectivity index (χ1v) is 9.11. The van der Waals surface area contributed by atoms with E-state index in [1.54, 1.807) is 17.0 Å². The van der Waals surface area contributed by atoms with Gasteiger partial charge in [0.25, 0.3) is 0 Å². The molecule has 8 heteroatoms. The first-order valence-electron chi connectivity index (χ1n) is 9.11. The molecule has 0 amide bonds. The van der Waals surface area contributed by atoms with Gasteiger partial charge in [0.15, 0.2) is 0 Å². The SMILES string of the molecule is CNc1nc(N2CCC(C(=O)O)(n3ccnc3C)CC2)nc2c1CCC2. The number of hydrogen-bond donors (Lipinski definition) is 2. The average molecular weight is 356 g/mol. The molecule has 0 bridgehead atoms. The number of rotatable bonds is 4. The molecule has 4 rings (SSSR count). The zero-order valence-electron chi connectivity index (χ0n) is 15.2. The topological polar surface area (TPSA) is 96.2 Å². The van der Waals surface area contributed by atoms with E-state index in [1.165, 1.54) is 5.56 Å². The van der Waals surface area contributed by atoms with Gasteiger partial charge in [-0.1, -0.05) is 0 Å². The fourth-order valence-electron chi connectivity index (χ4n) is 4.23. The summed E-state index contributed by atoms with van der Waals surface area (Å²) in [6, 6.07) is 0. The van der Waals surface area contributed by atoms with Gasteiger partial charge in [-0.3, -0.25) is 0 Å². The number of carboxylic acids is 1. The third kappa shape index (κ3) is 2.51. The zero-order valence-corrected chi connectivity index (χ0v) is 15.2. The maximum atomic E-state index is 12.1. The fraction of sp³-hybridized carbons (Fsp3) is 0.556. The molecule has 3 heterocycles. The molecule has 1 fully saturated rings. The number of fused-ring (bicyclic) bond motifs is 1. The molecule has 138 valence electrons. The van der Waals surface area contributed by atoms with Crippen molar-refractivity contribution in [1.29, 1.82) is 0 Å². The summed E-state index contributed by atoms with van der Waals surface area (Å²) in [4.78, 5) is 27.9. The van der Waals surface area contributed by atoms with Crippen LogP contribution in [0.1, 0.15) is 36.3 Å². The van der Waals surface area contributed by atoms with Crippen LogP contribution in [-0.2, 0) is 23.2 Å². The number of aliphatic carboxylic acids is 1. The Kier molecular flexibility index (Phi) is 4.05. The fourth-order valence-corrected chi connectivity index (χ4v) is 4.23. The second-order valence-electron chi connectivity index (χ2n) is 7.07. The van der Waals surface area contributed by atoms with Gasteiger partial charge >= 0.3 is 5.97 Å². The summed E-state index contributed by atoms with van der Waals surface area (Å²) in [7, 11) is 1.89. The summed E-state index contributed by atoms with van der Waals surface area (Å²) < 4.78 is 1.80. The molecule has 0 spiro atoms. The molecule has 26 heavy (non-hydrogen) atoms. The highest BCUT2D eigenvalue weighted by atomic mass is 16.4. The molecule has 1 aliphatic carbocycles. The van der Waals surface area contributed by atoms with E-state index in [0.717, 1.165) is 36.6 Å². The van der Waals surface area contributed by atoms with Gasteiger partial charge in [-0.25, -0.2) is 14.8 Å². The van der Waals surface area contributed by atoms with E-state index in [4.69, 9.17) is 9.97 Å². The Labute approximate surface area is 152 Å². The second-order valence-corrected chi connectivity index (χ2v) is 7.07. The van der Waals surface area contributed by atoms with Crippen molar-refractivity contribution >= 4 is 17.7 Å². The zero-order chi connectivity index (χ0) is 18.3. The minimum absolute atomic E-state index is 0.495. The second kappa shape index (κ2) is 6.26. The van der Waals surface area contributed by atoms with Gasteiger partial charge in [0, 0.05) is 38.1 Å². The van der Waals surface area contributed by atoms with Crippen molar-refractivity contribution in [1.82, 2.24) is 19.5 Å². The quantitative estimate of drug-likeness (QED) is 0.859. The lowest BCUT2D eigenvalue weighted by molar-refractivity contribution is -0.149. The van der Waals surface area contributed by atoms with Crippen molar-refractivity contribution in [3.05, 3.63) is 29.5 Å². The van der Waals surface area contributed by atoms with E-state index in [1.807, 2.05) is 14.0 Å². The van der Waals surface area contributed by atoms with E-state index in [-0.39, 0.29) is 0 Å². The summed E-state index contributed by atoms with van der Waals surface area (Å²) in [5.74, 6) is 1.54. The van der Waals surface area contributed by atoms with Crippen LogP contribution in [0.25, 0.3) is 0 Å². The summed E-state index contributed by atoms with van der Waals surface area (Å²) in [6.45, 7) is 3.05. The Morgan fingerprint density at radius 1 is 1.27 bits per heavy atom. The van der Waals surface area contributed by atoms with Crippen LogP contribution in [0.4, 0.5) is 11.8 Å². The van der Waals surface area contributed by atoms with Crippen LogP contribution in [0.5, 0.6) is 0 Å². The van der Waals surface area contributed by atoms with Crippen molar-refractivity contribution in [3.63, 3.8) is 0 Å². The number of carboxylic acid groups (broad SMARTS) is 1. The number of nitrogens with one attached hydrogen (secondary N) is 1. The summed E-state index contributed by atoms with van der Waals surface area (Å²) in [6.07, 6.45) is 7.54. The molecule has 0 unspecified atom stereocenters. The highest BCUT2D eigenvalue weighted by Gasteiger charge is 2.44. The Morgan fingerprint density at radius 3 is 2.65 bits per heavy atom. The number of nitrogens with zero attached hydrogens (tertiary/aromatic N) is 5. The maximum absolute atomic E-state index is 12.1. The van der Waals surface area contributed by atoms with E-state index in [0.29, 0.717) is 31.9 Å². The number of piperidine rings is 1. The Bertz CT molecular complexity index is 838. The monoisotopic (exact) mass is 356 g/mol. The van der Waals surface area contributed by atoms with E-state index >= 15 is 0 Å². The largest absolute Gasteiger partial charge is 0.479 e. The molecule has 2 aromatic rings. The Balaban J connectivity index is 1.60. The van der Waals surface area contributed by atoms with Gasteiger partial charge in [-0.2, -0.15) is 4.98 Å². The highest BCUT2D eigenvalue weighted by molar-refractivity contribution is 5.77. The summed E-state index contributed by atoms with van der Waals surface area (Å²) in [5, 5.41) is 13.1. The molecule has 2 aliphatic rings. The summed E-state index contributed by atoms with van der Waals surface area (Å²) in [5.41, 5.74) is 1.40. The van der Waals surface area contributed by atoms with Crippen LogP contribution in [0.15, 0.2) is 12.4 Å². The number of carbonyl (C=O) groups is 1. The normalized spacial score (nSPS) is 18.6. The predicted molar refractivity (Wildman–Crippen MR) is 97.6 cm³/mol. The molecular weight excluding hydrogens is 332 g/mol. The van der Waals surface area contributed by atoms with Crippen LogP contribution in [0, 0.1) is 6.92 Å². The van der Waals surface area contributed by atoms with E-state index < -0.39 is 11.5 Å². The smallest absolute Gasteiger partial charge is 0.330 e. The third-order valence-corrected chi connectivity index (χ3v) is 5.72. The lowest BCUT2D eigenvalue weighted by Gasteiger charge is -2.40. The van der Waals surface area contributed by atoms with Crippen LogP contribution < -0.4 is 10.2 Å².